The van der Waals surface area contributed by atoms with Gasteiger partial charge in [0.15, 0.2) is 0 Å². The predicted octanol–water partition coefficient (Wildman–Crippen LogP) is 3.21. The van der Waals surface area contributed by atoms with E-state index >= 15 is 0 Å². The lowest BCUT2D eigenvalue weighted by Gasteiger charge is -2.38. The van der Waals surface area contributed by atoms with Gasteiger partial charge in [-0.1, -0.05) is 31.9 Å². The second-order valence-corrected chi connectivity index (χ2v) is 6.77. The van der Waals surface area contributed by atoms with E-state index in [-0.39, 0.29) is 24.3 Å². The Hall–Kier alpha value is -2.04. The van der Waals surface area contributed by atoms with Crippen LogP contribution >= 0.6 is 0 Å². The standard InChI is InChI=1S/C20H29NO4/c1-15-6-4-5-7-18(15)21(13-12-20(23)25-3)19(22)14-16-8-10-17(24-2)11-9-16/h8-11,15,18H,4-7,12-14H2,1-3H3. The number of nitrogens with zero attached hydrogens (tertiary/aromatic N) is 1. The molecule has 2 unspecified atom stereocenters. The number of hydrogen-bond donors (Lipinski definition) is 0. The quantitative estimate of drug-likeness (QED) is 0.711. The maximum atomic E-state index is 13.0. The second kappa shape index (κ2) is 9.44. The average Bonchev–Trinajstić information content (AvgIpc) is 2.63. The number of esters is 1. The first-order valence-corrected chi connectivity index (χ1v) is 9.04. The normalized spacial score (nSPS) is 20.0. The summed E-state index contributed by atoms with van der Waals surface area (Å²) in [5.41, 5.74) is 0.956. The first-order chi connectivity index (χ1) is 12.0. The maximum absolute atomic E-state index is 13.0. The number of benzene rings is 1. The van der Waals surface area contributed by atoms with Crippen LogP contribution in [0.1, 0.15) is 44.6 Å². The third kappa shape index (κ3) is 5.48. The lowest BCUT2D eigenvalue weighted by atomic mass is 9.84. The number of carbonyl (C=O) groups excluding carboxylic acids is 2. The van der Waals surface area contributed by atoms with E-state index in [4.69, 9.17) is 9.47 Å². The summed E-state index contributed by atoms with van der Waals surface area (Å²) in [5.74, 6) is 1.05. The van der Waals surface area contributed by atoms with Crippen molar-refractivity contribution < 1.29 is 19.1 Å². The molecular weight excluding hydrogens is 318 g/mol. The third-order valence-corrected chi connectivity index (χ3v) is 5.09. The zero-order valence-corrected chi connectivity index (χ0v) is 15.5. The molecule has 1 amide bonds. The molecule has 2 atom stereocenters. The molecule has 1 aliphatic carbocycles. The Morgan fingerprint density at radius 1 is 1.12 bits per heavy atom. The van der Waals surface area contributed by atoms with E-state index in [1.807, 2.05) is 29.2 Å². The van der Waals surface area contributed by atoms with Gasteiger partial charge in [-0.25, -0.2) is 0 Å². The molecule has 0 spiro atoms. The summed E-state index contributed by atoms with van der Waals surface area (Å²) in [7, 11) is 3.01. The summed E-state index contributed by atoms with van der Waals surface area (Å²) >= 11 is 0. The van der Waals surface area contributed by atoms with Gasteiger partial charge in [-0.2, -0.15) is 0 Å². The summed E-state index contributed by atoms with van der Waals surface area (Å²) in [6, 6.07) is 7.78. The minimum atomic E-state index is -0.272. The fourth-order valence-corrected chi connectivity index (χ4v) is 3.57. The maximum Gasteiger partial charge on any atom is 0.307 e. The molecular formula is C20H29NO4. The number of carbonyl (C=O) groups is 2. The van der Waals surface area contributed by atoms with Gasteiger partial charge in [0.1, 0.15) is 5.75 Å². The van der Waals surface area contributed by atoms with Crippen LogP contribution in [0.3, 0.4) is 0 Å². The Labute approximate surface area is 150 Å². The Morgan fingerprint density at radius 3 is 2.40 bits per heavy atom. The minimum absolute atomic E-state index is 0.0767. The molecule has 0 heterocycles. The Kier molecular flexibility index (Phi) is 7.29. The predicted molar refractivity (Wildman–Crippen MR) is 96.5 cm³/mol. The zero-order valence-electron chi connectivity index (χ0n) is 15.5. The fraction of sp³-hybridized carbons (Fsp3) is 0.600. The topological polar surface area (TPSA) is 55.8 Å². The minimum Gasteiger partial charge on any atom is -0.497 e. The van der Waals surface area contributed by atoms with Crippen molar-refractivity contribution in [3.05, 3.63) is 29.8 Å². The van der Waals surface area contributed by atoms with Gasteiger partial charge in [-0.05, 0) is 36.5 Å². The van der Waals surface area contributed by atoms with Crippen molar-refractivity contribution in [2.75, 3.05) is 20.8 Å². The van der Waals surface area contributed by atoms with Crippen LogP contribution in [0, 0.1) is 5.92 Å². The van der Waals surface area contributed by atoms with E-state index in [0.29, 0.717) is 18.9 Å². The summed E-state index contributed by atoms with van der Waals surface area (Å²) in [4.78, 5) is 26.4. The first-order valence-electron chi connectivity index (χ1n) is 9.04. The van der Waals surface area contributed by atoms with E-state index in [9.17, 15) is 9.59 Å². The van der Waals surface area contributed by atoms with E-state index in [1.165, 1.54) is 13.5 Å². The summed E-state index contributed by atoms with van der Waals surface area (Å²) < 4.78 is 9.91. The third-order valence-electron chi connectivity index (χ3n) is 5.09. The largest absolute Gasteiger partial charge is 0.497 e. The number of hydrogen-bond acceptors (Lipinski definition) is 4. The van der Waals surface area contributed by atoms with Crippen LogP contribution in [0.4, 0.5) is 0 Å². The molecule has 0 radical (unpaired) electrons. The van der Waals surface area contributed by atoms with Crippen LogP contribution in [-0.4, -0.2) is 43.6 Å². The molecule has 1 aromatic carbocycles. The van der Waals surface area contributed by atoms with Gasteiger partial charge in [0.05, 0.1) is 27.1 Å². The highest BCUT2D eigenvalue weighted by Gasteiger charge is 2.30. The molecule has 2 rings (SSSR count). The number of methoxy groups -OCH3 is 2. The van der Waals surface area contributed by atoms with Gasteiger partial charge in [-0.3, -0.25) is 9.59 Å². The monoisotopic (exact) mass is 347 g/mol. The van der Waals surface area contributed by atoms with Gasteiger partial charge in [-0.15, -0.1) is 0 Å². The van der Waals surface area contributed by atoms with Crippen LogP contribution in [0.5, 0.6) is 5.75 Å². The van der Waals surface area contributed by atoms with Crippen molar-refractivity contribution in [3.63, 3.8) is 0 Å². The molecule has 0 aromatic heterocycles. The molecule has 1 saturated carbocycles. The highest BCUT2D eigenvalue weighted by atomic mass is 16.5. The van der Waals surface area contributed by atoms with Crippen molar-refractivity contribution >= 4 is 11.9 Å². The SMILES string of the molecule is COC(=O)CCN(C(=O)Cc1ccc(OC)cc1)C1CCCCC1C. The van der Waals surface area contributed by atoms with Crippen molar-refractivity contribution in [2.45, 2.75) is 51.5 Å². The molecule has 25 heavy (non-hydrogen) atoms. The Morgan fingerprint density at radius 2 is 1.80 bits per heavy atom. The molecule has 5 heteroatoms. The highest BCUT2D eigenvalue weighted by Crippen LogP contribution is 2.29. The van der Waals surface area contributed by atoms with E-state index < -0.39 is 0 Å². The second-order valence-electron chi connectivity index (χ2n) is 6.77. The summed E-state index contributed by atoms with van der Waals surface area (Å²) in [6.07, 6.45) is 5.09. The highest BCUT2D eigenvalue weighted by molar-refractivity contribution is 5.80. The van der Waals surface area contributed by atoms with E-state index in [0.717, 1.165) is 30.6 Å². The molecule has 5 nitrogen and oxygen atoms in total. The molecule has 0 aliphatic heterocycles. The van der Waals surface area contributed by atoms with Crippen molar-refractivity contribution in [1.29, 1.82) is 0 Å². The van der Waals surface area contributed by atoms with Gasteiger partial charge < -0.3 is 14.4 Å². The molecule has 0 saturated heterocycles. The average molecular weight is 347 g/mol. The van der Waals surface area contributed by atoms with Crippen LogP contribution < -0.4 is 4.74 Å². The summed E-state index contributed by atoms with van der Waals surface area (Å²) in [5, 5.41) is 0. The fourth-order valence-electron chi connectivity index (χ4n) is 3.57. The van der Waals surface area contributed by atoms with Crippen LogP contribution in [0.2, 0.25) is 0 Å². The van der Waals surface area contributed by atoms with Gasteiger partial charge in [0.2, 0.25) is 5.91 Å². The van der Waals surface area contributed by atoms with Crippen molar-refractivity contribution in [3.8, 4) is 5.75 Å². The van der Waals surface area contributed by atoms with Crippen molar-refractivity contribution in [2.24, 2.45) is 5.92 Å². The molecule has 1 aliphatic rings. The Balaban J connectivity index is 2.08. The molecule has 1 fully saturated rings. The number of ether oxygens (including phenoxy) is 2. The van der Waals surface area contributed by atoms with Crippen LogP contribution in [-0.2, 0) is 20.7 Å². The lowest BCUT2D eigenvalue weighted by molar-refractivity contribution is -0.142. The first kappa shape index (κ1) is 19.3. The molecule has 138 valence electrons. The smallest absolute Gasteiger partial charge is 0.307 e. The Bertz CT molecular complexity index is 570. The zero-order chi connectivity index (χ0) is 18.2. The van der Waals surface area contributed by atoms with Crippen LogP contribution in [0.25, 0.3) is 0 Å². The molecule has 1 aromatic rings. The molecule has 0 bridgehead atoms. The van der Waals surface area contributed by atoms with Gasteiger partial charge in [0, 0.05) is 12.6 Å². The van der Waals surface area contributed by atoms with Gasteiger partial charge in [0.25, 0.3) is 0 Å². The molecule has 0 N–H and O–H groups in total. The van der Waals surface area contributed by atoms with E-state index in [1.54, 1.807) is 7.11 Å². The number of amides is 1. The van der Waals surface area contributed by atoms with Crippen LogP contribution in [0.15, 0.2) is 24.3 Å². The number of rotatable bonds is 7. The lowest BCUT2D eigenvalue weighted by Crippen LogP contribution is -2.46. The van der Waals surface area contributed by atoms with E-state index in [2.05, 4.69) is 6.92 Å². The van der Waals surface area contributed by atoms with Crippen molar-refractivity contribution in [1.82, 2.24) is 4.90 Å². The van der Waals surface area contributed by atoms with Gasteiger partial charge >= 0.3 is 5.97 Å². The summed E-state index contributed by atoms with van der Waals surface area (Å²) in [6.45, 7) is 2.63.